The molecule has 0 aromatic carbocycles. The van der Waals surface area contributed by atoms with Crippen LogP contribution in [0.4, 0.5) is 5.82 Å². The molecular formula is C10H17N5O2. The first-order chi connectivity index (χ1) is 7.90. The van der Waals surface area contributed by atoms with E-state index in [-0.39, 0.29) is 17.3 Å². The number of anilines is 1. The van der Waals surface area contributed by atoms with E-state index in [2.05, 4.69) is 29.0 Å². The summed E-state index contributed by atoms with van der Waals surface area (Å²) in [5, 5.41) is 6.04. The molecule has 7 heteroatoms. The van der Waals surface area contributed by atoms with E-state index in [1.54, 1.807) is 0 Å². The van der Waals surface area contributed by atoms with Crippen LogP contribution in [-0.4, -0.2) is 34.3 Å². The SMILES string of the molecule is CC1(C)CN(c2n[nH]c(=O)[nH]c2=O)CCC1N. The minimum Gasteiger partial charge on any atom is -0.350 e. The molecule has 4 N–H and O–H groups in total. The van der Waals surface area contributed by atoms with Gasteiger partial charge in [-0.2, -0.15) is 0 Å². The molecule has 2 heterocycles. The molecule has 1 aromatic rings. The van der Waals surface area contributed by atoms with E-state index < -0.39 is 11.2 Å². The van der Waals surface area contributed by atoms with Gasteiger partial charge in [0.25, 0.3) is 5.56 Å². The standard InChI is InChI=1S/C10H17N5O2/c1-10(2)5-15(4-3-6(10)11)7-8(16)12-9(17)14-13-7/h6H,3-5,11H2,1-2H3,(H2,12,14,16,17). The summed E-state index contributed by atoms with van der Waals surface area (Å²) in [6.45, 7) is 5.44. The van der Waals surface area contributed by atoms with Crippen molar-refractivity contribution in [2.24, 2.45) is 11.1 Å². The first-order valence-electron chi connectivity index (χ1n) is 5.60. The normalized spacial score (nSPS) is 23.7. The molecule has 0 radical (unpaired) electrons. The summed E-state index contributed by atoms with van der Waals surface area (Å²) in [4.78, 5) is 26.5. The molecule has 1 aliphatic heterocycles. The van der Waals surface area contributed by atoms with Crippen LogP contribution in [-0.2, 0) is 0 Å². The monoisotopic (exact) mass is 239 g/mol. The Morgan fingerprint density at radius 1 is 1.47 bits per heavy atom. The van der Waals surface area contributed by atoms with Crippen molar-refractivity contribution in [2.75, 3.05) is 18.0 Å². The quantitative estimate of drug-likeness (QED) is 0.584. The number of rotatable bonds is 1. The lowest BCUT2D eigenvalue weighted by molar-refractivity contribution is 0.243. The highest BCUT2D eigenvalue weighted by Gasteiger charge is 2.34. The van der Waals surface area contributed by atoms with Crippen molar-refractivity contribution in [1.82, 2.24) is 15.2 Å². The van der Waals surface area contributed by atoms with Gasteiger partial charge in [-0.3, -0.25) is 9.78 Å². The highest BCUT2D eigenvalue weighted by atomic mass is 16.2. The highest BCUT2D eigenvalue weighted by molar-refractivity contribution is 5.35. The van der Waals surface area contributed by atoms with E-state index in [4.69, 9.17) is 5.73 Å². The summed E-state index contributed by atoms with van der Waals surface area (Å²) in [6.07, 6.45) is 0.799. The summed E-state index contributed by atoms with van der Waals surface area (Å²) in [7, 11) is 0. The molecule has 1 atom stereocenters. The molecule has 1 fully saturated rings. The molecule has 1 saturated heterocycles. The Hall–Kier alpha value is -1.63. The maximum atomic E-state index is 11.6. The van der Waals surface area contributed by atoms with Crippen molar-refractivity contribution in [3.8, 4) is 0 Å². The number of nitrogens with one attached hydrogen (secondary N) is 2. The van der Waals surface area contributed by atoms with E-state index in [1.807, 2.05) is 4.90 Å². The number of nitrogens with zero attached hydrogens (tertiary/aromatic N) is 2. The van der Waals surface area contributed by atoms with Crippen LogP contribution in [0.2, 0.25) is 0 Å². The Morgan fingerprint density at radius 2 is 2.18 bits per heavy atom. The number of hydrogen-bond donors (Lipinski definition) is 3. The van der Waals surface area contributed by atoms with Crippen molar-refractivity contribution in [3.63, 3.8) is 0 Å². The van der Waals surface area contributed by atoms with Crippen molar-refractivity contribution >= 4 is 5.82 Å². The second kappa shape index (κ2) is 3.99. The Kier molecular flexibility index (Phi) is 2.78. The molecule has 1 aliphatic rings. The zero-order valence-electron chi connectivity index (χ0n) is 9.99. The van der Waals surface area contributed by atoms with Gasteiger partial charge in [-0.05, 0) is 11.8 Å². The predicted octanol–water partition coefficient (Wildman–Crippen LogP) is -0.978. The topological polar surface area (TPSA) is 108 Å². The zero-order valence-corrected chi connectivity index (χ0v) is 9.99. The lowest BCUT2D eigenvalue weighted by Crippen LogP contribution is -2.54. The Labute approximate surface area is 98.0 Å². The van der Waals surface area contributed by atoms with Gasteiger partial charge >= 0.3 is 5.69 Å². The average Bonchev–Trinajstić information content (AvgIpc) is 2.22. The van der Waals surface area contributed by atoms with Gasteiger partial charge < -0.3 is 10.6 Å². The number of hydrogen-bond acceptors (Lipinski definition) is 5. The maximum absolute atomic E-state index is 11.6. The molecule has 7 nitrogen and oxygen atoms in total. The summed E-state index contributed by atoms with van der Waals surface area (Å²) < 4.78 is 0. The number of aromatic amines is 2. The van der Waals surface area contributed by atoms with Crippen LogP contribution in [0.25, 0.3) is 0 Å². The van der Waals surface area contributed by atoms with E-state index in [0.717, 1.165) is 6.42 Å². The molecule has 0 bridgehead atoms. The molecule has 0 spiro atoms. The zero-order chi connectivity index (χ0) is 12.6. The number of aromatic nitrogens is 3. The lowest BCUT2D eigenvalue weighted by atomic mass is 9.80. The Balaban J connectivity index is 2.30. The third-order valence-corrected chi connectivity index (χ3v) is 3.31. The van der Waals surface area contributed by atoms with E-state index in [9.17, 15) is 9.59 Å². The van der Waals surface area contributed by atoms with E-state index >= 15 is 0 Å². The minimum absolute atomic E-state index is 0.0808. The number of piperidine rings is 1. The minimum atomic E-state index is -0.591. The maximum Gasteiger partial charge on any atom is 0.342 e. The van der Waals surface area contributed by atoms with Crippen molar-refractivity contribution in [2.45, 2.75) is 26.3 Å². The molecule has 0 amide bonds. The fraction of sp³-hybridized carbons (Fsp3) is 0.700. The van der Waals surface area contributed by atoms with Crippen molar-refractivity contribution < 1.29 is 0 Å². The van der Waals surface area contributed by atoms with Gasteiger partial charge in [0.2, 0.25) is 5.82 Å². The van der Waals surface area contributed by atoms with E-state index in [0.29, 0.717) is 13.1 Å². The molecule has 0 aliphatic carbocycles. The number of nitrogens with two attached hydrogens (primary N) is 1. The van der Waals surface area contributed by atoms with Gasteiger partial charge in [0.1, 0.15) is 0 Å². The van der Waals surface area contributed by atoms with Crippen molar-refractivity contribution in [3.05, 3.63) is 20.8 Å². The molecule has 94 valence electrons. The first-order valence-corrected chi connectivity index (χ1v) is 5.60. The summed E-state index contributed by atoms with van der Waals surface area (Å²) >= 11 is 0. The van der Waals surface area contributed by atoms with Gasteiger partial charge in [-0.25, -0.2) is 9.89 Å². The number of H-pyrrole nitrogens is 2. The van der Waals surface area contributed by atoms with Crippen LogP contribution >= 0.6 is 0 Å². The van der Waals surface area contributed by atoms with Gasteiger partial charge in [0, 0.05) is 19.1 Å². The fourth-order valence-electron chi connectivity index (χ4n) is 2.11. The van der Waals surface area contributed by atoms with Crippen molar-refractivity contribution in [1.29, 1.82) is 0 Å². The van der Waals surface area contributed by atoms with Crippen LogP contribution in [0.3, 0.4) is 0 Å². The van der Waals surface area contributed by atoms with Crippen LogP contribution in [0, 0.1) is 5.41 Å². The first kappa shape index (κ1) is 11.8. The second-order valence-electron chi connectivity index (χ2n) is 5.14. The summed E-state index contributed by atoms with van der Waals surface area (Å²) in [5.41, 5.74) is 4.89. The third kappa shape index (κ3) is 2.23. The second-order valence-corrected chi connectivity index (χ2v) is 5.14. The Morgan fingerprint density at radius 3 is 2.76 bits per heavy atom. The van der Waals surface area contributed by atoms with Crippen LogP contribution < -0.4 is 21.9 Å². The van der Waals surface area contributed by atoms with Crippen LogP contribution in [0.1, 0.15) is 20.3 Å². The Bertz CT molecular complexity index is 518. The van der Waals surface area contributed by atoms with Gasteiger partial charge in [-0.1, -0.05) is 13.8 Å². The van der Waals surface area contributed by atoms with E-state index in [1.165, 1.54) is 0 Å². The lowest BCUT2D eigenvalue weighted by Gasteiger charge is -2.42. The molecule has 1 unspecified atom stereocenters. The summed E-state index contributed by atoms with van der Waals surface area (Å²) in [5.74, 6) is 0.254. The predicted molar refractivity (Wildman–Crippen MR) is 64.1 cm³/mol. The fourth-order valence-corrected chi connectivity index (χ4v) is 2.11. The molecule has 0 saturated carbocycles. The van der Waals surface area contributed by atoms with Gasteiger partial charge in [0.05, 0.1) is 0 Å². The highest BCUT2D eigenvalue weighted by Crippen LogP contribution is 2.28. The van der Waals surface area contributed by atoms with Gasteiger partial charge in [-0.15, -0.1) is 5.10 Å². The van der Waals surface area contributed by atoms with Crippen LogP contribution in [0.15, 0.2) is 9.59 Å². The van der Waals surface area contributed by atoms with Gasteiger partial charge in [0.15, 0.2) is 0 Å². The molecule has 17 heavy (non-hydrogen) atoms. The van der Waals surface area contributed by atoms with Crippen LogP contribution in [0.5, 0.6) is 0 Å². The summed E-state index contributed by atoms with van der Waals surface area (Å²) in [6, 6.07) is 0.112. The molecule has 2 rings (SSSR count). The molecular weight excluding hydrogens is 222 g/mol. The third-order valence-electron chi connectivity index (χ3n) is 3.31. The molecule has 1 aromatic heterocycles. The average molecular weight is 239 g/mol. The smallest absolute Gasteiger partial charge is 0.342 e. The largest absolute Gasteiger partial charge is 0.350 e.